The number of aromatic amines is 1. The number of rotatable bonds is 6. The van der Waals surface area contributed by atoms with Crippen molar-refractivity contribution in [2.75, 3.05) is 6.61 Å². The summed E-state index contributed by atoms with van der Waals surface area (Å²) in [6.07, 6.45) is 4.24. The molecule has 3 aromatic carbocycles. The lowest BCUT2D eigenvalue weighted by Crippen LogP contribution is -2.27. The largest absolute Gasteiger partial charge is 0.478 e. The molecule has 0 radical (unpaired) electrons. The van der Waals surface area contributed by atoms with E-state index < -0.39 is 11.9 Å². The average molecular weight is 584 g/mol. The molecule has 0 spiro atoms. The quantitative estimate of drug-likeness (QED) is 0.233. The topological polar surface area (TPSA) is 161 Å². The van der Waals surface area contributed by atoms with Gasteiger partial charge in [0, 0.05) is 17.8 Å². The molecular weight excluding hydrogens is 554 g/mol. The monoisotopic (exact) mass is 583 g/mol. The summed E-state index contributed by atoms with van der Waals surface area (Å²) in [6.45, 7) is 0.165. The van der Waals surface area contributed by atoms with E-state index in [1.807, 2.05) is 12.1 Å². The number of aromatic carboxylic acids is 2. The molecule has 2 aromatic heterocycles. The second-order valence-corrected chi connectivity index (χ2v) is 9.31. The zero-order valence-electron chi connectivity index (χ0n) is 22.9. The van der Waals surface area contributed by atoms with E-state index in [2.05, 4.69) is 9.97 Å². The van der Waals surface area contributed by atoms with Crippen molar-refractivity contribution < 1.29 is 34.1 Å². The summed E-state index contributed by atoms with van der Waals surface area (Å²) in [5, 5.41) is 17.6. The van der Waals surface area contributed by atoms with Crippen LogP contribution in [0, 0.1) is 0 Å². The number of hydrogen-bond donors (Lipinski definition) is 3. The number of carbonyl (C=O) groups is 3. The van der Waals surface area contributed by atoms with Gasteiger partial charge in [-0.1, -0.05) is 54.6 Å². The van der Waals surface area contributed by atoms with E-state index in [0.29, 0.717) is 35.2 Å². The van der Waals surface area contributed by atoms with Crippen molar-refractivity contribution in [2.45, 2.75) is 25.2 Å². The molecule has 2 atom stereocenters. The third kappa shape index (κ3) is 8.72. The fourth-order valence-electron chi connectivity index (χ4n) is 4.14. The van der Waals surface area contributed by atoms with Crippen LogP contribution in [0.15, 0.2) is 114 Å². The van der Waals surface area contributed by atoms with E-state index in [0.717, 1.165) is 5.39 Å². The van der Waals surface area contributed by atoms with Gasteiger partial charge >= 0.3 is 23.6 Å². The highest BCUT2D eigenvalue weighted by molar-refractivity contribution is 5.89. The average Bonchev–Trinajstić information content (AvgIpc) is 3.71. The predicted molar refractivity (Wildman–Crippen MR) is 157 cm³/mol. The molecule has 3 N–H and O–H groups in total. The number of hydrogen-bond acceptors (Lipinski definition) is 7. The zero-order valence-corrected chi connectivity index (χ0v) is 22.9. The summed E-state index contributed by atoms with van der Waals surface area (Å²) in [6, 6.07) is 27.3. The highest BCUT2D eigenvalue weighted by Crippen LogP contribution is 2.28. The van der Waals surface area contributed by atoms with Crippen LogP contribution in [-0.4, -0.2) is 55.4 Å². The van der Waals surface area contributed by atoms with Crippen LogP contribution in [0.2, 0.25) is 0 Å². The maximum Gasteiger partial charge on any atom is 0.351 e. The molecule has 1 fully saturated rings. The molecule has 1 saturated heterocycles. The SMILES string of the molecule is O=C(O)c1ccccc1.O=C(O)c1ccccc1.O=C(OCC1CCC(n2cc3cc[nH]c3nc2=O)O1)c1ccccc1. The normalized spacial score (nSPS) is 15.3. The number of aromatic nitrogens is 3. The minimum atomic E-state index is -0.879. The predicted octanol–water partition coefficient (Wildman–Crippen LogP) is 5.03. The summed E-state index contributed by atoms with van der Waals surface area (Å²) in [4.78, 5) is 51.4. The summed E-state index contributed by atoms with van der Waals surface area (Å²) < 4.78 is 12.7. The Balaban J connectivity index is 0.000000192. The summed E-state index contributed by atoms with van der Waals surface area (Å²) >= 11 is 0. The van der Waals surface area contributed by atoms with Crippen LogP contribution < -0.4 is 5.69 Å². The van der Waals surface area contributed by atoms with Crippen molar-refractivity contribution in [1.82, 2.24) is 14.5 Å². The van der Waals surface area contributed by atoms with Crippen molar-refractivity contribution in [2.24, 2.45) is 0 Å². The lowest BCUT2D eigenvalue weighted by atomic mass is 10.2. The van der Waals surface area contributed by atoms with Gasteiger partial charge < -0.3 is 24.7 Å². The molecule has 0 saturated carbocycles. The smallest absolute Gasteiger partial charge is 0.351 e. The molecule has 1 aliphatic rings. The van der Waals surface area contributed by atoms with Crippen LogP contribution in [0.1, 0.15) is 50.1 Å². The standard InChI is InChI=1S/C18H17N3O4.2C7H6O2/c22-17(12-4-2-1-3-5-12)24-11-14-6-7-15(25-14)21-10-13-8-9-19-16(13)20-18(21)23;2*8-7(9)6-4-2-1-3-5-6/h1-5,8-10,14-15H,6-7,11H2,(H,19,20,23);2*1-5H,(H,8,9). The molecule has 2 unspecified atom stereocenters. The lowest BCUT2D eigenvalue weighted by Gasteiger charge is -2.15. The molecule has 0 amide bonds. The van der Waals surface area contributed by atoms with Gasteiger partial charge in [0.25, 0.3) is 0 Å². The Bertz CT molecular complexity index is 1650. The third-order valence-corrected chi connectivity index (χ3v) is 6.31. The number of carbonyl (C=O) groups excluding carboxylic acids is 1. The molecule has 0 aliphatic carbocycles. The number of ether oxygens (including phenoxy) is 2. The van der Waals surface area contributed by atoms with Crippen molar-refractivity contribution in [3.05, 3.63) is 137 Å². The number of carboxylic acids is 2. The van der Waals surface area contributed by atoms with Gasteiger partial charge in [0.1, 0.15) is 18.5 Å². The molecule has 6 rings (SSSR count). The molecule has 1 aliphatic heterocycles. The molecule has 3 heterocycles. The Kier molecular flexibility index (Phi) is 10.5. The molecule has 11 heteroatoms. The molecule has 11 nitrogen and oxygen atoms in total. The van der Waals surface area contributed by atoms with Crippen LogP contribution in [-0.2, 0) is 9.47 Å². The maximum absolute atomic E-state index is 12.1. The minimum absolute atomic E-state index is 0.165. The zero-order chi connectivity index (χ0) is 30.6. The van der Waals surface area contributed by atoms with Gasteiger partial charge in [-0.2, -0.15) is 4.98 Å². The van der Waals surface area contributed by atoms with Crippen molar-refractivity contribution >= 4 is 28.9 Å². The Labute approximate surface area is 246 Å². The Morgan fingerprint density at radius 1 is 0.814 bits per heavy atom. The number of benzene rings is 3. The fourth-order valence-corrected chi connectivity index (χ4v) is 4.14. The number of carboxylic acid groups (broad SMARTS) is 2. The molecule has 5 aromatic rings. The van der Waals surface area contributed by atoms with E-state index in [1.54, 1.807) is 97.3 Å². The van der Waals surface area contributed by atoms with Gasteiger partial charge in [-0.3, -0.25) is 4.57 Å². The Morgan fingerprint density at radius 3 is 1.86 bits per heavy atom. The lowest BCUT2D eigenvalue weighted by molar-refractivity contribution is -0.0337. The maximum atomic E-state index is 12.1. The first-order valence-corrected chi connectivity index (χ1v) is 13.3. The van der Waals surface area contributed by atoms with Crippen LogP contribution in [0.25, 0.3) is 11.0 Å². The summed E-state index contributed by atoms with van der Waals surface area (Å²) in [5.74, 6) is -2.13. The molecule has 43 heavy (non-hydrogen) atoms. The van der Waals surface area contributed by atoms with Gasteiger partial charge in [-0.25, -0.2) is 19.2 Å². The first kappa shape index (κ1) is 30.4. The van der Waals surface area contributed by atoms with Gasteiger partial charge in [0.15, 0.2) is 0 Å². The van der Waals surface area contributed by atoms with E-state index in [9.17, 15) is 19.2 Å². The second-order valence-electron chi connectivity index (χ2n) is 9.31. The van der Waals surface area contributed by atoms with E-state index in [1.165, 1.54) is 4.57 Å². The number of nitrogens with zero attached hydrogens (tertiary/aromatic N) is 2. The number of nitrogens with one attached hydrogen (secondary N) is 1. The highest BCUT2D eigenvalue weighted by atomic mass is 16.6. The van der Waals surface area contributed by atoms with Crippen LogP contribution in [0.3, 0.4) is 0 Å². The first-order valence-electron chi connectivity index (χ1n) is 13.3. The first-order chi connectivity index (χ1) is 20.8. The Hall–Kier alpha value is -5.55. The second kappa shape index (κ2) is 14.9. The van der Waals surface area contributed by atoms with Crippen LogP contribution in [0.4, 0.5) is 0 Å². The van der Waals surface area contributed by atoms with E-state index in [-0.39, 0.29) is 30.6 Å². The number of fused-ring (bicyclic) bond motifs is 1. The van der Waals surface area contributed by atoms with Crippen LogP contribution >= 0.6 is 0 Å². The van der Waals surface area contributed by atoms with E-state index >= 15 is 0 Å². The Morgan fingerprint density at radius 2 is 1.35 bits per heavy atom. The van der Waals surface area contributed by atoms with Gasteiger partial charge in [-0.05, 0) is 55.3 Å². The fraction of sp³-hybridized carbons (Fsp3) is 0.156. The van der Waals surface area contributed by atoms with Gasteiger partial charge in [-0.15, -0.1) is 0 Å². The number of H-pyrrole nitrogens is 1. The van der Waals surface area contributed by atoms with E-state index in [4.69, 9.17) is 19.7 Å². The number of esters is 1. The molecule has 0 bridgehead atoms. The molecule has 220 valence electrons. The third-order valence-electron chi connectivity index (χ3n) is 6.31. The van der Waals surface area contributed by atoms with Crippen LogP contribution in [0.5, 0.6) is 0 Å². The van der Waals surface area contributed by atoms with Gasteiger partial charge in [0.2, 0.25) is 0 Å². The summed E-state index contributed by atoms with van der Waals surface area (Å²) in [5.41, 5.74) is 1.37. The van der Waals surface area contributed by atoms with Crippen molar-refractivity contribution in [3.8, 4) is 0 Å². The molecular formula is C32H29N3O8. The van der Waals surface area contributed by atoms with Crippen molar-refractivity contribution in [3.63, 3.8) is 0 Å². The minimum Gasteiger partial charge on any atom is -0.478 e. The van der Waals surface area contributed by atoms with Gasteiger partial charge in [0.05, 0.1) is 22.8 Å². The van der Waals surface area contributed by atoms with Crippen molar-refractivity contribution in [1.29, 1.82) is 0 Å². The highest BCUT2D eigenvalue weighted by Gasteiger charge is 2.28. The summed E-state index contributed by atoms with van der Waals surface area (Å²) in [7, 11) is 0.